The van der Waals surface area contributed by atoms with E-state index in [-0.39, 0.29) is 0 Å². The Morgan fingerprint density at radius 1 is 1.04 bits per heavy atom. The van der Waals surface area contributed by atoms with Crippen molar-refractivity contribution in [2.75, 3.05) is 5.32 Å². The minimum atomic E-state index is -4.42. The summed E-state index contributed by atoms with van der Waals surface area (Å²) in [7, 11) is 0. The molecule has 1 atom stereocenters. The highest BCUT2D eigenvalue weighted by Crippen LogP contribution is 2.32. The third-order valence-corrected chi connectivity index (χ3v) is 4.01. The number of anilines is 1. The average Bonchev–Trinajstić information content (AvgIpc) is 2.55. The molecule has 0 aliphatic rings. The standard InChI is InChI=1S/C18H16F4N4/c1-9(12-5-4-6-13(7-12)18(20,21)22)24-17-14-8-15(19)23-10(2)16(14)25-11(3)26-17/h4-9H,1-3H3,(H,24,25,26)/t9-/m1/s1. The topological polar surface area (TPSA) is 50.7 Å². The molecule has 0 amide bonds. The number of rotatable bonds is 3. The van der Waals surface area contributed by atoms with Crippen molar-refractivity contribution in [3.05, 3.63) is 58.9 Å². The van der Waals surface area contributed by atoms with Gasteiger partial charge >= 0.3 is 6.18 Å². The molecule has 3 rings (SSSR count). The first-order valence-corrected chi connectivity index (χ1v) is 7.90. The third-order valence-electron chi connectivity index (χ3n) is 4.01. The Morgan fingerprint density at radius 2 is 1.77 bits per heavy atom. The zero-order valence-corrected chi connectivity index (χ0v) is 14.3. The lowest BCUT2D eigenvalue weighted by Crippen LogP contribution is -2.12. The summed E-state index contributed by atoms with van der Waals surface area (Å²) in [5, 5.41) is 3.49. The molecule has 0 bridgehead atoms. The van der Waals surface area contributed by atoms with E-state index in [0.717, 1.165) is 12.1 Å². The number of aromatic nitrogens is 3. The predicted octanol–water partition coefficient (Wildman–Crippen LogP) is 4.97. The molecule has 3 aromatic rings. The fourth-order valence-electron chi connectivity index (χ4n) is 2.74. The summed E-state index contributed by atoms with van der Waals surface area (Å²) in [6.07, 6.45) is -4.42. The highest BCUT2D eigenvalue weighted by molar-refractivity contribution is 5.90. The molecule has 0 saturated heterocycles. The lowest BCUT2D eigenvalue weighted by molar-refractivity contribution is -0.137. The molecule has 1 N–H and O–H groups in total. The van der Waals surface area contributed by atoms with Gasteiger partial charge < -0.3 is 5.32 Å². The van der Waals surface area contributed by atoms with E-state index < -0.39 is 23.7 Å². The largest absolute Gasteiger partial charge is 0.416 e. The average molecular weight is 364 g/mol. The van der Waals surface area contributed by atoms with Gasteiger partial charge in [0.1, 0.15) is 11.6 Å². The number of nitrogens with zero attached hydrogens (tertiary/aromatic N) is 3. The first kappa shape index (κ1) is 18.0. The Hall–Kier alpha value is -2.77. The van der Waals surface area contributed by atoms with Crippen molar-refractivity contribution >= 4 is 16.7 Å². The van der Waals surface area contributed by atoms with Crippen LogP contribution < -0.4 is 5.32 Å². The fraction of sp³-hybridized carbons (Fsp3) is 0.278. The van der Waals surface area contributed by atoms with Gasteiger partial charge in [0, 0.05) is 17.5 Å². The molecule has 136 valence electrons. The molecule has 4 nitrogen and oxygen atoms in total. The number of aryl methyl sites for hydroxylation is 2. The molecule has 0 saturated carbocycles. The van der Waals surface area contributed by atoms with Crippen LogP contribution in [0.1, 0.15) is 35.6 Å². The highest BCUT2D eigenvalue weighted by atomic mass is 19.4. The summed E-state index contributed by atoms with van der Waals surface area (Å²) in [5.41, 5.74) is 0.631. The summed E-state index contributed by atoms with van der Waals surface area (Å²) in [4.78, 5) is 12.3. The maximum absolute atomic E-state index is 13.7. The van der Waals surface area contributed by atoms with Crippen LogP contribution in [0.3, 0.4) is 0 Å². The quantitative estimate of drug-likeness (QED) is 0.526. The van der Waals surface area contributed by atoms with Gasteiger partial charge in [0.2, 0.25) is 5.95 Å². The second kappa shape index (κ2) is 6.51. The summed E-state index contributed by atoms with van der Waals surface area (Å²) in [6.45, 7) is 5.03. The van der Waals surface area contributed by atoms with Crippen molar-refractivity contribution in [1.82, 2.24) is 15.0 Å². The van der Waals surface area contributed by atoms with E-state index in [1.54, 1.807) is 26.8 Å². The van der Waals surface area contributed by atoms with Gasteiger partial charge in [0.05, 0.1) is 16.8 Å². The third kappa shape index (κ3) is 3.58. The van der Waals surface area contributed by atoms with E-state index in [0.29, 0.717) is 33.8 Å². The SMILES string of the molecule is Cc1nc(N[C@H](C)c2cccc(C(F)(F)F)c2)c2cc(F)nc(C)c2n1. The van der Waals surface area contributed by atoms with E-state index in [4.69, 9.17) is 0 Å². The molecular weight excluding hydrogens is 348 g/mol. The van der Waals surface area contributed by atoms with Crippen molar-refractivity contribution in [2.24, 2.45) is 0 Å². The molecule has 2 aromatic heterocycles. The summed E-state index contributed by atoms with van der Waals surface area (Å²) < 4.78 is 52.5. The number of nitrogens with one attached hydrogen (secondary N) is 1. The lowest BCUT2D eigenvalue weighted by Gasteiger charge is -2.18. The van der Waals surface area contributed by atoms with Crippen LogP contribution in [0, 0.1) is 19.8 Å². The van der Waals surface area contributed by atoms with Gasteiger partial charge in [-0.25, -0.2) is 15.0 Å². The molecule has 0 radical (unpaired) electrons. The molecule has 0 spiro atoms. The maximum Gasteiger partial charge on any atom is 0.416 e. The Labute approximate surface area is 147 Å². The number of halogens is 4. The van der Waals surface area contributed by atoms with Gasteiger partial charge in [-0.3, -0.25) is 0 Å². The van der Waals surface area contributed by atoms with Gasteiger partial charge in [-0.05, 0) is 38.5 Å². The van der Waals surface area contributed by atoms with Crippen LogP contribution in [-0.2, 0) is 6.18 Å². The molecular formula is C18H16F4N4. The van der Waals surface area contributed by atoms with E-state index in [2.05, 4.69) is 20.3 Å². The zero-order chi connectivity index (χ0) is 19.1. The second-order valence-electron chi connectivity index (χ2n) is 6.04. The minimum absolute atomic E-state index is 0.349. The zero-order valence-electron chi connectivity index (χ0n) is 14.3. The Balaban J connectivity index is 2.01. The molecule has 0 fully saturated rings. The van der Waals surface area contributed by atoms with Gasteiger partial charge in [-0.1, -0.05) is 12.1 Å². The smallest absolute Gasteiger partial charge is 0.363 e. The Morgan fingerprint density at radius 3 is 2.46 bits per heavy atom. The highest BCUT2D eigenvalue weighted by Gasteiger charge is 2.30. The second-order valence-corrected chi connectivity index (χ2v) is 6.04. The van der Waals surface area contributed by atoms with Crippen LogP contribution in [0.15, 0.2) is 30.3 Å². The van der Waals surface area contributed by atoms with E-state index >= 15 is 0 Å². The first-order valence-electron chi connectivity index (χ1n) is 7.90. The summed E-state index contributed by atoms with van der Waals surface area (Å²) in [6, 6.07) is 5.78. The number of hydrogen-bond donors (Lipinski definition) is 1. The number of hydrogen-bond acceptors (Lipinski definition) is 4. The number of alkyl halides is 3. The van der Waals surface area contributed by atoms with Gasteiger partial charge in [-0.15, -0.1) is 0 Å². The van der Waals surface area contributed by atoms with Gasteiger partial charge in [0.15, 0.2) is 0 Å². The number of pyridine rings is 1. The van der Waals surface area contributed by atoms with Crippen molar-refractivity contribution in [1.29, 1.82) is 0 Å². The maximum atomic E-state index is 13.7. The van der Waals surface area contributed by atoms with Gasteiger partial charge in [0.25, 0.3) is 0 Å². The van der Waals surface area contributed by atoms with Gasteiger partial charge in [-0.2, -0.15) is 17.6 Å². The number of benzene rings is 1. The molecule has 0 aliphatic heterocycles. The van der Waals surface area contributed by atoms with Crippen LogP contribution in [0.2, 0.25) is 0 Å². The molecule has 1 aromatic carbocycles. The Kier molecular flexibility index (Phi) is 4.52. The van der Waals surface area contributed by atoms with Crippen molar-refractivity contribution < 1.29 is 17.6 Å². The van der Waals surface area contributed by atoms with Crippen LogP contribution in [0.4, 0.5) is 23.4 Å². The normalized spacial score (nSPS) is 13.0. The minimum Gasteiger partial charge on any atom is -0.363 e. The fourth-order valence-corrected chi connectivity index (χ4v) is 2.74. The van der Waals surface area contributed by atoms with Crippen LogP contribution in [0.25, 0.3) is 10.9 Å². The summed E-state index contributed by atoms with van der Waals surface area (Å²) in [5.74, 6) is 0.131. The van der Waals surface area contributed by atoms with Crippen LogP contribution in [0.5, 0.6) is 0 Å². The van der Waals surface area contributed by atoms with E-state index in [1.807, 2.05) is 0 Å². The monoisotopic (exact) mass is 364 g/mol. The van der Waals surface area contributed by atoms with Crippen molar-refractivity contribution in [2.45, 2.75) is 33.0 Å². The predicted molar refractivity (Wildman–Crippen MR) is 90.2 cm³/mol. The van der Waals surface area contributed by atoms with Crippen LogP contribution in [-0.4, -0.2) is 15.0 Å². The van der Waals surface area contributed by atoms with E-state index in [9.17, 15) is 17.6 Å². The van der Waals surface area contributed by atoms with Crippen molar-refractivity contribution in [3.63, 3.8) is 0 Å². The van der Waals surface area contributed by atoms with Crippen LogP contribution >= 0.6 is 0 Å². The molecule has 8 heteroatoms. The van der Waals surface area contributed by atoms with E-state index in [1.165, 1.54) is 12.1 Å². The molecule has 26 heavy (non-hydrogen) atoms. The molecule has 2 heterocycles. The molecule has 0 unspecified atom stereocenters. The molecule has 0 aliphatic carbocycles. The lowest BCUT2D eigenvalue weighted by atomic mass is 10.0. The summed E-state index contributed by atoms with van der Waals surface area (Å²) >= 11 is 0. The first-order chi connectivity index (χ1) is 12.1. The van der Waals surface area contributed by atoms with Crippen molar-refractivity contribution in [3.8, 4) is 0 Å². The number of fused-ring (bicyclic) bond motifs is 1. The Bertz CT molecular complexity index is 969.